The first-order valence-corrected chi connectivity index (χ1v) is 4.35. The lowest BCUT2D eigenvalue weighted by molar-refractivity contribution is 0.485. The molecule has 0 amide bonds. The monoisotopic (exact) mass is 167 g/mol. The number of anilines is 1. The van der Waals surface area contributed by atoms with Crippen molar-refractivity contribution in [1.82, 2.24) is 9.78 Å². The van der Waals surface area contributed by atoms with Crippen LogP contribution in [-0.4, -0.2) is 16.8 Å². The van der Waals surface area contributed by atoms with Gasteiger partial charge in [0.2, 0.25) is 0 Å². The smallest absolute Gasteiger partial charge is 0.124 e. The van der Waals surface area contributed by atoms with Crippen molar-refractivity contribution in [3.63, 3.8) is 0 Å². The highest BCUT2D eigenvalue weighted by Gasteiger charge is 2.04. The molecule has 0 aliphatic heterocycles. The van der Waals surface area contributed by atoms with E-state index in [1.165, 1.54) is 0 Å². The van der Waals surface area contributed by atoms with E-state index >= 15 is 0 Å². The van der Waals surface area contributed by atoms with Gasteiger partial charge in [0, 0.05) is 19.7 Å². The second kappa shape index (κ2) is 3.61. The van der Waals surface area contributed by atoms with Crippen molar-refractivity contribution >= 4 is 5.82 Å². The molecule has 0 radical (unpaired) electrons. The first-order chi connectivity index (χ1) is 5.63. The van der Waals surface area contributed by atoms with Crippen LogP contribution in [-0.2, 0) is 6.54 Å². The summed E-state index contributed by atoms with van der Waals surface area (Å²) in [7, 11) is 1.92. The molecule has 0 fully saturated rings. The summed E-state index contributed by atoms with van der Waals surface area (Å²) in [6.45, 7) is 7.37. The van der Waals surface area contributed by atoms with Gasteiger partial charge < -0.3 is 5.32 Å². The van der Waals surface area contributed by atoms with Crippen LogP contribution in [0.25, 0.3) is 0 Å². The third kappa shape index (κ3) is 2.00. The number of aromatic nitrogens is 2. The molecule has 3 heteroatoms. The van der Waals surface area contributed by atoms with Crippen LogP contribution >= 0.6 is 0 Å². The minimum Gasteiger partial charge on any atom is -0.373 e. The molecular weight excluding hydrogens is 150 g/mol. The van der Waals surface area contributed by atoms with Crippen LogP contribution in [0.5, 0.6) is 0 Å². The van der Waals surface area contributed by atoms with Crippen molar-refractivity contribution in [1.29, 1.82) is 0 Å². The summed E-state index contributed by atoms with van der Waals surface area (Å²) < 4.78 is 2.01. The van der Waals surface area contributed by atoms with E-state index in [1.807, 2.05) is 18.7 Å². The van der Waals surface area contributed by atoms with Gasteiger partial charge in [-0.15, -0.1) is 0 Å². The van der Waals surface area contributed by atoms with Crippen LogP contribution in [0.4, 0.5) is 5.82 Å². The second-order valence-electron chi connectivity index (χ2n) is 3.50. The molecule has 1 aromatic heterocycles. The van der Waals surface area contributed by atoms with Crippen LogP contribution < -0.4 is 5.32 Å². The molecule has 0 aliphatic rings. The number of nitrogens with one attached hydrogen (secondary N) is 1. The summed E-state index contributed by atoms with van der Waals surface area (Å²) in [6, 6.07) is 2.06. The van der Waals surface area contributed by atoms with Crippen LogP contribution in [0.1, 0.15) is 19.5 Å². The van der Waals surface area contributed by atoms with Crippen molar-refractivity contribution in [2.45, 2.75) is 27.3 Å². The Bertz CT molecular complexity index is 250. The lowest BCUT2D eigenvalue weighted by Gasteiger charge is -2.08. The molecule has 0 saturated heterocycles. The SMILES string of the molecule is CNc1cc(C)nn1CC(C)C. The summed E-state index contributed by atoms with van der Waals surface area (Å²) in [4.78, 5) is 0. The Morgan fingerprint density at radius 1 is 1.58 bits per heavy atom. The lowest BCUT2D eigenvalue weighted by atomic mass is 10.2. The van der Waals surface area contributed by atoms with E-state index in [0.29, 0.717) is 5.92 Å². The highest BCUT2D eigenvalue weighted by Crippen LogP contribution is 2.11. The number of hydrogen-bond acceptors (Lipinski definition) is 2. The molecule has 68 valence electrons. The Hall–Kier alpha value is -0.990. The minimum absolute atomic E-state index is 0.636. The Labute approximate surface area is 73.8 Å². The van der Waals surface area contributed by atoms with Gasteiger partial charge in [0.15, 0.2) is 0 Å². The van der Waals surface area contributed by atoms with Crippen molar-refractivity contribution in [3.05, 3.63) is 11.8 Å². The maximum atomic E-state index is 4.38. The van der Waals surface area contributed by atoms with Gasteiger partial charge in [-0.3, -0.25) is 0 Å². The Morgan fingerprint density at radius 3 is 2.75 bits per heavy atom. The summed E-state index contributed by atoms with van der Waals surface area (Å²) >= 11 is 0. The maximum absolute atomic E-state index is 4.38. The highest BCUT2D eigenvalue weighted by atomic mass is 15.3. The molecule has 1 heterocycles. The average Bonchev–Trinajstić information content (AvgIpc) is 2.29. The molecule has 1 aromatic rings. The van der Waals surface area contributed by atoms with Crippen molar-refractivity contribution in [2.75, 3.05) is 12.4 Å². The van der Waals surface area contributed by atoms with E-state index in [4.69, 9.17) is 0 Å². The van der Waals surface area contributed by atoms with Gasteiger partial charge in [-0.2, -0.15) is 5.10 Å². The fraction of sp³-hybridized carbons (Fsp3) is 0.667. The molecule has 0 unspecified atom stereocenters. The maximum Gasteiger partial charge on any atom is 0.124 e. The largest absolute Gasteiger partial charge is 0.373 e. The summed E-state index contributed by atoms with van der Waals surface area (Å²) in [5.74, 6) is 1.73. The van der Waals surface area contributed by atoms with E-state index in [-0.39, 0.29) is 0 Å². The van der Waals surface area contributed by atoms with Crippen LogP contribution in [0.3, 0.4) is 0 Å². The van der Waals surface area contributed by atoms with Gasteiger partial charge in [-0.25, -0.2) is 4.68 Å². The zero-order chi connectivity index (χ0) is 9.14. The number of nitrogens with zero attached hydrogens (tertiary/aromatic N) is 2. The fourth-order valence-electron chi connectivity index (χ4n) is 1.23. The Morgan fingerprint density at radius 2 is 2.25 bits per heavy atom. The molecule has 1 rings (SSSR count). The van der Waals surface area contributed by atoms with Crippen LogP contribution in [0, 0.1) is 12.8 Å². The molecule has 1 N–H and O–H groups in total. The Kier molecular flexibility index (Phi) is 2.74. The van der Waals surface area contributed by atoms with E-state index in [9.17, 15) is 0 Å². The predicted octanol–water partition coefficient (Wildman–Crippen LogP) is 1.89. The van der Waals surface area contributed by atoms with Gasteiger partial charge in [-0.1, -0.05) is 13.8 Å². The predicted molar refractivity (Wildman–Crippen MR) is 51.3 cm³/mol. The van der Waals surface area contributed by atoms with E-state index < -0.39 is 0 Å². The van der Waals surface area contributed by atoms with Crippen molar-refractivity contribution in [2.24, 2.45) is 5.92 Å². The van der Waals surface area contributed by atoms with Gasteiger partial charge in [0.05, 0.1) is 5.69 Å². The van der Waals surface area contributed by atoms with Crippen molar-refractivity contribution in [3.8, 4) is 0 Å². The number of rotatable bonds is 3. The van der Waals surface area contributed by atoms with E-state index in [2.05, 4.69) is 30.3 Å². The summed E-state index contributed by atoms with van der Waals surface area (Å²) in [5.41, 5.74) is 1.07. The normalized spacial score (nSPS) is 10.8. The first kappa shape index (κ1) is 9.10. The fourth-order valence-corrected chi connectivity index (χ4v) is 1.23. The summed E-state index contributed by atoms with van der Waals surface area (Å²) in [6.07, 6.45) is 0. The van der Waals surface area contributed by atoms with Gasteiger partial charge in [-0.05, 0) is 12.8 Å². The average molecular weight is 167 g/mol. The first-order valence-electron chi connectivity index (χ1n) is 4.35. The molecule has 0 aromatic carbocycles. The molecular formula is C9H17N3. The Balaban J connectivity index is 2.81. The quantitative estimate of drug-likeness (QED) is 0.745. The zero-order valence-corrected chi connectivity index (χ0v) is 8.26. The molecule has 0 saturated carbocycles. The van der Waals surface area contributed by atoms with E-state index in [1.54, 1.807) is 0 Å². The van der Waals surface area contributed by atoms with E-state index in [0.717, 1.165) is 18.1 Å². The zero-order valence-electron chi connectivity index (χ0n) is 8.26. The van der Waals surface area contributed by atoms with Gasteiger partial charge >= 0.3 is 0 Å². The molecule has 0 aliphatic carbocycles. The molecule has 0 bridgehead atoms. The minimum atomic E-state index is 0.636. The number of aryl methyl sites for hydroxylation is 1. The summed E-state index contributed by atoms with van der Waals surface area (Å²) in [5, 5.41) is 7.50. The third-order valence-corrected chi connectivity index (χ3v) is 1.70. The highest BCUT2D eigenvalue weighted by molar-refractivity contribution is 5.35. The topological polar surface area (TPSA) is 29.9 Å². The standard InChI is InChI=1S/C9H17N3/c1-7(2)6-12-9(10-4)5-8(3)11-12/h5,7,10H,6H2,1-4H3. The lowest BCUT2D eigenvalue weighted by Crippen LogP contribution is -2.09. The molecule has 12 heavy (non-hydrogen) atoms. The van der Waals surface area contributed by atoms with Gasteiger partial charge in [0.1, 0.15) is 5.82 Å². The van der Waals surface area contributed by atoms with Crippen LogP contribution in [0.15, 0.2) is 6.07 Å². The van der Waals surface area contributed by atoms with Crippen molar-refractivity contribution < 1.29 is 0 Å². The number of hydrogen-bond donors (Lipinski definition) is 1. The second-order valence-corrected chi connectivity index (χ2v) is 3.50. The van der Waals surface area contributed by atoms with Gasteiger partial charge in [0.25, 0.3) is 0 Å². The molecule has 0 spiro atoms. The molecule has 0 atom stereocenters. The van der Waals surface area contributed by atoms with Crippen LogP contribution in [0.2, 0.25) is 0 Å². The third-order valence-electron chi connectivity index (χ3n) is 1.70. The molecule has 3 nitrogen and oxygen atoms in total.